The van der Waals surface area contributed by atoms with Gasteiger partial charge in [-0.25, -0.2) is 0 Å². The average molecular weight is 305 g/mol. The Kier molecular flexibility index (Phi) is 3.56. The monoisotopic (exact) mass is 304 g/mol. The van der Waals surface area contributed by atoms with E-state index >= 15 is 0 Å². The van der Waals surface area contributed by atoms with E-state index in [9.17, 15) is 4.79 Å². The fraction of sp³-hybridized carbons (Fsp3) is 0.529. The van der Waals surface area contributed by atoms with Gasteiger partial charge in [0.05, 0.1) is 12.0 Å². The van der Waals surface area contributed by atoms with Crippen LogP contribution in [0.5, 0.6) is 0 Å². The maximum Gasteiger partial charge on any atom is 0.230 e. The lowest BCUT2D eigenvalue weighted by Crippen LogP contribution is -2.44. The Hall–Kier alpha value is -1.35. The fourth-order valence-corrected chi connectivity index (χ4v) is 3.53. The molecular formula is C17H21ClN2O. The van der Waals surface area contributed by atoms with Crippen molar-refractivity contribution in [3.63, 3.8) is 0 Å². The molecule has 2 aliphatic rings. The molecular weight excluding hydrogens is 284 g/mol. The summed E-state index contributed by atoms with van der Waals surface area (Å²) in [6.07, 6.45) is 1.93. The molecule has 1 aliphatic carbocycles. The van der Waals surface area contributed by atoms with Crippen molar-refractivity contribution in [3.05, 3.63) is 34.9 Å². The van der Waals surface area contributed by atoms with E-state index in [1.165, 1.54) is 0 Å². The number of nitrogens with zero attached hydrogens (tertiary/aromatic N) is 1. The minimum absolute atomic E-state index is 0.0251. The highest BCUT2D eigenvalue weighted by molar-refractivity contribution is 6.31. The molecule has 1 aliphatic heterocycles. The predicted octanol–water partition coefficient (Wildman–Crippen LogP) is 3.66. The molecule has 0 saturated heterocycles. The first-order chi connectivity index (χ1) is 9.84. The Morgan fingerprint density at radius 2 is 2.05 bits per heavy atom. The number of rotatable bonds is 1. The van der Waals surface area contributed by atoms with Gasteiger partial charge in [-0.2, -0.15) is 0 Å². The number of amidine groups is 1. The van der Waals surface area contributed by atoms with Crippen LogP contribution in [-0.4, -0.2) is 17.8 Å². The van der Waals surface area contributed by atoms with Gasteiger partial charge in [-0.15, -0.1) is 0 Å². The third kappa shape index (κ3) is 2.84. The first-order valence-electron chi connectivity index (χ1n) is 7.49. The van der Waals surface area contributed by atoms with Crippen molar-refractivity contribution >= 4 is 23.3 Å². The molecule has 21 heavy (non-hydrogen) atoms. The predicted molar refractivity (Wildman–Crippen MR) is 85.6 cm³/mol. The van der Waals surface area contributed by atoms with Gasteiger partial charge in [-0.05, 0) is 36.3 Å². The van der Waals surface area contributed by atoms with Crippen LogP contribution in [-0.2, 0) is 4.79 Å². The van der Waals surface area contributed by atoms with Crippen molar-refractivity contribution < 1.29 is 4.79 Å². The van der Waals surface area contributed by atoms with Crippen LogP contribution < -0.4 is 5.32 Å². The molecule has 1 amide bonds. The zero-order valence-electron chi connectivity index (χ0n) is 12.7. The summed E-state index contributed by atoms with van der Waals surface area (Å²) in [6.45, 7) is 6.73. The number of carbonyl (C=O) groups excluding carboxylic acids is 1. The summed E-state index contributed by atoms with van der Waals surface area (Å²) in [5.41, 5.74) is 1.11. The number of hydrogen-bond acceptors (Lipinski definition) is 2. The summed E-state index contributed by atoms with van der Waals surface area (Å²) in [5.74, 6) is 1.34. The number of amides is 1. The van der Waals surface area contributed by atoms with Gasteiger partial charge in [-0.3, -0.25) is 9.79 Å². The number of carbonyl (C=O) groups is 1. The summed E-state index contributed by atoms with van der Waals surface area (Å²) in [4.78, 5) is 17.2. The molecule has 4 heteroatoms. The molecule has 1 N–H and O–H groups in total. The molecule has 3 atom stereocenters. The van der Waals surface area contributed by atoms with Gasteiger partial charge >= 0.3 is 0 Å². The molecule has 0 aromatic heterocycles. The largest absolute Gasteiger partial charge is 0.310 e. The Bertz CT molecular complexity index is 603. The van der Waals surface area contributed by atoms with E-state index in [0.717, 1.165) is 18.4 Å². The normalized spacial score (nSPS) is 28.9. The van der Waals surface area contributed by atoms with Gasteiger partial charge in [0.25, 0.3) is 0 Å². The molecule has 1 aromatic carbocycles. The Morgan fingerprint density at radius 1 is 1.29 bits per heavy atom. The van der Waals surface area contributed by atoms with E-state index < -0.39 is 0 Å². The first kappa shape index (κ1) is 14.6. The van der Waals surface area contributed by atoms with Crippen LogP contribution in [0, 0.1) is 17.3 Å². The zero-order valence-corrected chi connectivity index (χ0v) is 13.4. The summed E-state index contributed by atoms with van der Waals surface area (Å²) in [7, 11) is 0. The van der Waals surface area contributed by atoms with Crippen LogP contribution in [0.4, 0.5) is 0 Å². The maximum atomic E-state index is 12.4. The zero-order chi connectivity index (χ0) is 15.2. The Labute approximate surface area is 130 Å². The van der Waals surface area contributed by atoms with Crippen molar-refractivity contribution in [2.24, 2.45) is 22.2 Å². The van der Waals surface area contributed by atoms with E-state index in [1.54, 1.807) is 0 Å². The number of nitrogens with one attached hydrogen (secondary N) is 1. The SMILES string of the molecule is CC(C)(C)[C@H]1C[C@@H]2N=C(c3cccc(Cl)c3)NC(=O)[C@@H]2C1. The van der Waals surface area contributed by atoms with Gasteiger partial charge in [0.15, 0.2) is 0 Å². The van der Waals surface area contributed by atoms with E-state index in [4.69, 9.17) is 16.6 Å². The lowest BCUT2D eigenvalue weighted by atomic mass is 9.79. The molecule has 3 rings (SSSR count). The standard InChI is InChI=1S/C17H21ClN2O/c1-17(2,3)11-8-13-14(9-11)19-15(20-16(13)21)10-5-4-6-12(18)7-10/h4-7,11,13-14H,8-9H2,1-3H3,(H,19,20,21)/t11-,13-,14+/m1/s1. The third-order valence-corrected chi connectivity index (χ3v) is 4.96. The van der Waals surface area contributed by atoms with E-state index in [1.807, 2.05) is 24.3 Å². The molecule has 3 nitrogen and oxygen atoms in total. The van der Waals surface area contributed by atoms with Crippen molar-refractivity contribution in [2.75, 3.05) is 0 Å². The highest BCUT2D eigenvalue weighted by Gasteiger charge is 2.45. The molecule has 0 radical (unpaired) electrons. The van der Waals surface area contributed by atoms with Crippen molar-refractivity contribution in [2.45, 2.75) is 39.7 Å². The summed E-state index contributed by atoms with van der Waals surface area (Å²) >= 11 is 6.03. The molecule has 112 valence electrons. The van der Waals surface area contributed by atoms with Gasteiger partial charge in [0, 0.05) is 10.6 Å². The average Bonchev–Trinajstić information content (AvgIpc) is 2.83. The fourth-order valence-electron chi connectivity index (χ4n) is 3.34. The van der Waals surface area contributed by atoms with Crippen LogP contribution in [0.25, 0.3) is 0 Å². The molecule has 1 aromatic rings. The van der Waals surface area contributed by atoms with E-state index in [2.05, 4.69) is 26.1 Å². The topological polar surface area (TPSA) is 41.5 Å². The van der Waals surface area contributed by atoms with Crippen LogP contribution in [0.1, 0.15) is 39.2 Å². The second-order valence-corrected chi connectivity index (χ2v) is 7.62. The molecule has 1 saturated carbocycles. The van der Waals surface area contributed by atoms with Crippen LogP contribution in [0.15, 0.2) is 29.3 Å². The molecule has 0 spiro atoms. The van der Waals surface area contributed by atoms with Crippen molar-refractivity contribution in [1.29, 1.82) is 0 Å². The second kappa shape index (κ2) is 5.13. The molecule has 1 fully saturated rings. The molecule has 1 heterocycles. The molecule has 0 unspecified atom stereocenters. The molecule has 0 bridgehead atoms. The second-order valence-electron chi connectivity index (χ2n) is 7.19. The maximum absolute atomic E-state index is 12.4. The first-order valence-corrected chi connectivity index (χ1v) is 7.87. The minimum atomic E-state index is 0.0251. The van der Waals surface area contributed by atoms with Crippen LogP contribution in [0.2, 0.25) is 5.02 Å². The minimum Gasteiger partial charge on any atom is -0.310 e. The van der Waals surface area contributed by atoms with Crippen LogP contribution in [0.3, 0.4) is 0 Å². The number of halogens is 1. The van der Waals surface area contributed by atoms with E-state index in [0.29, 0.717) is 16.8 Å². The lowest BCUT2D eigenvalue weighted by Gasteiger charge is -2.26. The number of benzene rings is 1. The van der Waals surface area contributed by atoms with Crippen LogP contribution >= 0.6 is 11.6 Å². The van der Waals surface area contributed by atoms with E-state index in [-0.39, 0.29) is 23.3 Å². The summed E-state index contributed by atoms with van der Waals surface area (Å²) in [6, 6.07) is 7.59. The summed E-state index contributed by atoms with van der Waals surface area (Å²) in [5, 5.41) is 3.61. The highest BCUT2D eigenvalue weighted by Crippen LogP contribution is 2.44. The van der Waals surface area contributed by atoms with Gasteiger partial charge in [0.2, 0.25) is 5.91 Å². The van der Waals surface area contributed by atoms with Crippen molar-refractivity contribution in [1.82, 2.24) is 5.32 Å². The van der Waals surface area contributed by atoms with Crippen molar-refractivity contribution in [3.8, 4) is 0 Å². The Morgan fingerprint density at radius 3 is 2.71 bits per heavy atom. The Balaban J connectivity index is 1.89. The number of fused-ring (bicyclic) bond motifs is 1. The number of hydrogen-bond donors (Lipinski definition) is 1. The highest BCUT2D eigenvalue weighted by atomic mass is 35.5. The number of aliphatic imine (C=N–C) groups is 1. The summed E-state index contributed by atoms with van der Waals surface area (Å²) < 4.78 is 0. The third-order valence-electron chi connectivity index (χ3n) is 4.73. The van der Waals surface area contributed by atoms with Gasteiger partial charge in [0.1, 0.15) is 5.84 Å². The lowest BCUT2D eigenvalue weighted by molar-refractivity contribution is -0.124. The smallest absolute Gasteiger partial charge is 0.230 e. The van der Waals surface area contributed by atoms with Gasteiger partial charge in [-0.1, -0.05) is 44.5 Å². The quantitative estimate of drug-likeness (QED) is 0.845. The van der Waals surface area contributed by atoms with Gasteiger partial charge < -0.3 is 5.32 Å².